The zero-order valence-corrected chi connectivity index (χ0v) is 20.2. The fourth-order valence-corrected chi connectivity index (χ4v) is 8.60. The van der Waals surface area contributed by atoms with Crippen LogP contribution in [0.1, 0.15) is 67.7 Å². The van der Waals surface area contributed by atoms with Crippen LogP contribution in [0.2, 0.25) is 0 Å². The third kappa shape index (κ3) is 2.76. The molecule has 2 saturated heterocycles. The van der Waals surface area contributed by atoms with Crippen LogP contribution < -0.4 is 0 Å². The first-order valence-electron chi connectivity index (χ1n) is 12.3. The third-order valence-corrected chi connectivity index (χ3v) is 9.48. The molecule has 2 aliphatic carbocycles. The summed E-state index contributed by atoms with van der Waals surface area (Å²) in [5.74, 6) is -0.347. The maximum atomic E-state index is 13.2. The molecule has 5 heteroatoms. The van der Waals surface area contributed by atoms with E-state index in [2.05, 4.69) is 27.7 Å². The van der Waals surface area contributed by atoms with Crippen molar-refractivity contribution < 1.29 is 23.8 Å². The highest BCUT2D eigenvalue weighted by molar-refractivity contribution is 5.90. The number of benzene rings is 2. The minimum absolute atomic E-state index is 0.123. The molecule has 0 amide bonds. The van der Waals surface area contributed by atoms with Gasteiger partial charge in [0.2, 0.25) is 0 Å². The van der Waals surface area contributed by atoms with E-state index in [4.69, 9.17) is 14.2 Å². The fraction of sp³-hybridized carbons (Fsp3) is 0.517. The molecule has 5 nitrogen and oxygen atoms in total. The molecule has 2 aliphatic heterocycles. The second-order valence-electron chi connectivity index (χ2n) is 11.8. The van der Waals surface area contributed by atoms with Crippen molar-refractivity contribution in [3.8, 4) is 0 Å². The average Bonchev–Trinajstić information content (AvgIpc) is 3.44. The van der Waals surface area contributed by atoms with Crippen molar-refractivity contribution in [3.63, 3.8) is 0 Å². The first-order valence-corrected chi connectivity index (χ1v) is 12.3. The van der Waals surface area contributed by atoms with Crippen molar-refractivity contribution in [2.45, 2.75) is 70.4 Å². The van der Waals surface area contributed by atoms with Gasteiger partial charge < -0.3 is 14.2 Å². The van der Waals surface area contributed by atoms with Gasteiger partial charge in [-0.1, -0.05) is 50.2 Å². The molecule has 2 aromatic rings. The summed E-state index contributed by atoms with van der Waals surface area (Å²) < 4.78 is 19.3. The Morgan fingerprint density at radius 3 is 1.47 bits per heavy atom. The smallest absolute Gasteiger partial charge is 0.338 e. The number of esters is 2. The van der Waals surface area contributed by atoms with Crippen LogP contribution in [0.5, 0.6) is 0 Å². The molecular weight excluding hydrogens is 428 g/mol. The van der Waals surface area contributed by atoms with Gasteiger partial charge in [0.25, 0.3) is 0 Å². The lowest BCUT2D eigenvalue weighted by atomic mass is 9.53. The number of hydrogen-bond donors (Lipinski definition) is 0. The molecular formula is C29H32O5. The van der Waals surface area contributed by atoms with E-state index in [0.717, 1.165) is 19.3 Å². The summed E-state index contributed by atoms with van der Waals surface area (Å²) in [6.07, 6.45) is 2.06. The zero-order valence-electron chi connectivity index (χ0n) is 20.2. The Kier molecular flexibility index (Phi) is 4.46. The molecule has 6 rings (SSSR count). The molecule has 0 aromatic heterocycles. The predicted molar refractivity (Wildman–Crippen MR) is 126 cm³/mol. The van der Waals surface area contributed by atoms with Gasteiger partial charge in [-0.15, -0.1) is 0 Å². The topological polar surface area (TPSA) is 61.8 Å². The van der Waals surface area contributed by atoms with Crippen LogP contribution in [-0.2, 0) is 14.2 Å². The molecule has 0 radical (unpaired) electrons. The normalized spacial score (nSPS) is 43.5. The summed E-state index contributed by atoms with van der Waals surface area (Å²) in [5, 5.41) is 0. The second-order valence-corrected chi connectivity index (χ2v) is 11.8. The highest BCUT2D eigenvalue weighted by Gasteiger charge is 2.84. The van der Waals surface area contributed by atoms with E-state index in [-0.39, 0.29) is 22.7 Å². The van der Waals surface area contributed by atoms with Gasteiger partial charge in [0.05, 0.1) is 11.1 Å². The van der Waals surface area contributed by atoms with Crippen molar-refractivity contribution in [3.05, 3.63) is 71.8 Å². The lowest BCUT2D eigenvalue weighted by Gasteiger charge is -2.51. The number of fused-ring (bicyclic) bond motifs is 9. The van der Waals surface area contributed by atoms with E-state index < -0.39 is 35.3 Å². The maximum absolute atomic E-state index is 13.2. The fourth-order valence-electron chi connectivity index (χ4n) is 8.60. The van der Waals surface area contributed by atoms with Crippen LogP contribution in [0.15, 0.2) is 60.7 Å². The molecule has 34 heavy (non-hydrogen) atoms. The molecule has 4 aliphatic rings. The van der Waals surface area contributed by atoms with Gasteiger partial charge in [-0.2, -0.15) is 0 Å². The number of carbonyl (C=O) groups excluding carboxylic acids is 2. The van der Waals surface area contributed by atoms with Crippen LogP contribution in [0.25, 0.3) is 0 Å². The Labute approximate surface area is 200 Å². The Morgan fingerprint density at radius 1 is 0.706 bits per heavy atom. The minimum atomic E-state index is -0.724. The van der Waals surface area contributed by atoms with E-state index in [1.165, 1.54) is 0 Å². The van der Waals surface area contributed by atoms with Crippen LogP contribution in [-0.4, -0.2) is 35.3 Å². The number of rotatable bonds is 4. The molecule has 2 aromatic carbocycles. The molecule has 2 heterocycles. The molecule has 2 saturated carbocycles. The van der Waals surface area contributed by atoms with E-state index in [9.17, 15) is 9.59 Å². The summed E-state index contributed by atoms with van der Waals surface area (Å²) in [6.45, 7) is 8.88. The van der Waals surface area contributed by atoms with Gasteiger partial charge in [-0.25, -0.2) is 9.59 Å². The summed E-state index contributed by atoms with van der Waals surface area (Å²) in [5.41, 5.74) is -0.239. The summed E-state index contributed by atoms with van der Waals surface area (Å²) in [4.78, 5) is 26.4. The highest BCUT2D eigenvalue weighted by Crippen LogP contribution is 2.79. The van der Waals surface area contributed by atoms with Crippen molar-refractivity contribution >= 4 is 11.9 Å². The predicted octanol–water partition coefficient (Wildman–Crippen LogP) is 5.44. The van der Waals surface area contributed by atoms with E-state index >= 15 is 0 Å². The lowest BCUT2D eigenvalue weighted by Crippen LogP contribution is -2.62. The summed E-state index contributed by atoms with van der Waals surface area (Å²) in [6, 6.07) is 18.0. The van der Waals surface area contributed by atoms with Gasteiger partial charge in [0.1, 0.15) is 11.2 Å². The summed E-state index contributed by atoms with van der Waals surface area (Å²) >= 11 is 0. The van der Waals surface area contributed by atoms with Crippen LogP contribution in [0, 0.1) is 22.7 Å². The van der Waals surface area contributed by atoms with Crippen molar-refractivity contribution in [1.82, 2.24) is 0 Å². The van der Waals surface area contributed by atoms with Gasteiger partial charge in [-0.3, -0.25) is 0 Å². The van der Waals surface area contributed by atoms with Crippen molar-refractivity contribution in [2.24, 2.45) is 22.7 Å². The summed E-state index contributed by atoms with van der Waals surface area (Å²) in [7, 11) is 0. The molecule has 8 unspecified atom stereocenters. The number of hydrogen-bond acceptors (Lipinski definition) is 5. The second kappa shape index (κ2) is 6.94. The Morgan fingerprint density at radius 2 is 1.09 bits per heavy atom. The van der Waals surface area contributed by atoms with Crippen LogP contribution in [0.4, 0.5) is 0 Å². The number of carbonyl (C=O) groups is 2. The largest absolute Gasteiger partial charge is 0.452 e. The molecule has 8 atom stereocenters. The maximum Gasteiger partial charge on any atom is 0.338 e. The molecule has 0 spiro atoms. The molecule has 0 N–H and O–H groups in total. The average molecular weight is 461 g/mol. The first-order chi connectivity index (χ1) is 16.1. The minimum Gasteiger partial charge on any atom is -0.452 e. The third-order valence-electron chi connectivity index (χ3n) is 9.48. The van der Waals surface area contributed by atoms with E-state index in [0.29, 0.717) is 11.1 Å². The van der Waals surface area contributed by atoms with Gasteiger partial charge in [-0.05, 0) is 68.2 Å². The standard InChI is InChI=1S/C29H32O5/c1-26-15-16-27(2,17-26)21-20(26)28(3)22(32-24(30)18-11-7-5-8-12-18)23(29(21,4)34-28)33-25(31)19-13-9-6-10-14-19/h5-14,20-23H,15-17H2,1-4H3. The van der Waals surface area contributed by atoms with Gasteiger partial charge in [0.15, 0.2) is 12.2 Å². The van der Waals surface area contributed by atoms with Gasteiger partial charge >= 0.3 is 11.9 Å². The monoisotopic (exact) mass is 460 g/mol. The Bertz CT molecular complexity index is 1060. The quantitative estimate of drug-likeness (QED) is 0.569. The van der Waals surface area contributed by atoms with Gasteiger partial charge in [0, 0.05) is 11.8 Å². The van der Waals surface area contributed by atoms with E-state index in [1.807, 2.05) is 36.4 Å². The molecule has 4 fully saturated rings. The number of ether oxygens (including phenoxy) is 3. The highest BCUT2D eigenvalue weighted by atomic mass is 16.7. The Hall–Kier alpha value is -2.66. The zero-order chi connectivity index (χ0) is 23.9. The SMILES string of the molecule is CC12CCC(C)(C1)C1C2C2(C)OC1(C)C(OC(=O)c1ccccc1)C2OC(=O)c1ccccc1. The molecule has 4 bridgehead atoms. The van der Waals surface area contributed by atoms with Crippen molar-refractivity contribution in [1.29, 1.82) is 0 Å². The van der Waals surface area contributed by atoms with E-state index in [1.54, 1.807) is 24.3 Å². The van der Waals surface area contributed by atoms with Crippen molar-refractivity contribution in [2.75, 3.05) is 0 Å². The van der Waals surface area contributed by atoms with Crippen LogP contribution >= 0.6 is 0 Å². The van der Waals surface area contributed by atoms with Crippen LogP contribution in [0.3, 0.4) is 0 Å². The Balaban J connectivity index is 1.40. The lowest BCUT2D eigenvalue weighted by molar-refractivity contribution is -0.115. The first kappa shape index (κ1) is 21.8. The molecule has 178 valence electrons.